The summed E-state index contributed by atoms with van der Waals surface area (Å²) in [5, 5.41) is 5.61. The lowest BCUT2D eigenvalue weighted by atomic mass is 10.1. The molecule has 0 unspecified atom stereocenters. The van der Waals surface area contributed by atoms with Gasteiger partial charge >= 0.3 is 12.2 Å². The van der Waals surface area contributed by atoms with Crippen molar-refractivity contribution in [2.45, 2.75) is 19.6 Å². The Morgan fingerprint density at radius 2 is 1.79 bits per heavy atom. The quantitative estimate of drug-likeness (QED) is 0.363. The largest absolute Gasteiger partial charge is 0.416 e. The van der Waals surface area contributed by atoms with Crippen molar-refractivity contribution in [2.75, 3.05) is 27.5 Å². The summed E-state index contributed by atoms with van der Waals surface area (Å²) in [6, 6.07) is 8.73. The summed E-state index contributed by atoms with van der Waals surface area (Å²) < 4.78 is 39.2. The molecule has 0 aliphatic carbocycles. The van der Waals surface area contributed by atoms with Gasteiger partial charge in [0.1, 0.15) is 12.1 Å². The Balaban J connectivity index is 1.38. The lowest BCUT2D eigenvalue weighted by Gasteiger charge is -2.35. The molecule has 0 saturated heterocycles. The molecule has 3 heterocycles. The Morgan fingerprint density at radius 3 is 2.54 bits per heavy atom. The average Bonchev–Trinajstić information content (AvgIpc) is 2.92. The van der Waals surface area contributed by atoms with Crippen molar-refractivity contribution < 1.29 is 22.8 Å². The lowest BCUT2D eigenvalue weighted by molar-refractivity contribution is -0.137. The zero-order valence-electron chi connectivity index (χ0n) is 20.7. The highest BCUT2D eigenvalue weighted by molar-refractivity contribution is 6.07. The number of hydrogen-bond donors (Lipinski definition) is 2. The Hall–Kier alpha value is -5.07. The van der Waals surface area contributed by atoms with Crippen molar-refractivity contribution in [1.82, 2.24) is 19.9 Å². The van der Waals surface area contributed by atoms with Gasteiger partial charge in [0, 0.05) is 30.1 Å². The number of amides is 3. The van der Waals surface area contributed by atoms with E-state index in [-0.39, 0.29) is 24.1 Å². The van der Waals surface area contributed by atoms with Gasteiger partial charge in [-0.25, -0.2) is 19.7 Å². The molecule has 5 rings (SSSR count). The molecule has 39 heavy (non-hydrogen) atoms. The maximum absolute atomic E-state index is 13.4. The first-order chi connectivity index (χ1) is 18.6. The molecular formula is C26H21F3N8O2. The first-order valence-corrected chi connectivity index (χ1v) is 11.6. The van der Waals surface area contributed by atoms with Crippen molar-refractivity contribution in [2.24, 2.45) is 0 Å². The second kappa shape index (κ2) is 10.0. The molecule has 3 amide bonds. The van der Waals surface area contributed by atoms with Gasteiger partial charge in [0.2, 0.25) is 5.95 Å². The van der Waals surface area contributed by atoms with Crippen molar-refractivity contribution in [3.63, 3.8) is 0 Å². The highest BCUT2D eigenvalue weighted by atomic mass is 19.4. The molecule has 4 aromatic rings. The Morgan fingerprint density at radius 1 is 1.03 bits per heavy atom. The molecule has 198 valence electrons. The van der Waals surface area contributed by atoms with E-state index in [4.69, 9.17) is 0 Å². The van der Waals surface area contributed by atoms with Crippen LogP contribution in [0.2, 0.25) is 0 Å². The van der Waals surface area contributed by atoms with Crippen LogP contribution in [0.25, 0.3) is 0 Å². The number of carbonyl (C=O) groups excluding carboxylic acids is 2. The van der Waals surface area contributed by atoms with Gasteiger partial charge in [0.25, 0.3) is 5.91 Å². The van der Waals surface area contributed by atoms with E-state index < -0.39 is 17.6 Å². The summed E-state index contributed by atoms with van der Waals surface area (Å²) in [6.45, 7) is 1.97. The van der Waals surface area contributed by atoms with Crippen LogP contribution in [-0.2, 0) is 12.7 Å². The summed E-state index contributed by atoms with van der Waals surface area (Å²) in [5.41, 5.74) is 1.80. The fourth-order valence-electron chi connectivity index (χ4n) is 4.07. The normalized spacial score (nSPS) is 13.2. The van der Waals surface area contributed by atoms with E-state index in [0.717, 1.165) is 17.7 Å². The van der Waals surface area contributed by atoms with E-state index in [2.05, 4.69) is 30.6 Å². The average molecular weight is 535 g/mol. The topological polar surface area (TPSA) is 116 Å². The molecule has 0 atom stereocenters. The molecule has 0 saturated carbocycles. The summed E-state index contributed by atoms with van der Waals surface area (Å²) in [4.78, 5) is 45.6. The van der Waals surface area contributed by atoms with Crippen molar-refractivity contribution in [3.05, 3.63) is 89.6 Å². The van der Waals surface area contributed by atoms with Crippen LogP contribution in [0.5, 0.6) is 0 Å². The monoisotopic (exact) mass is 534 g/mol. The number of hydrogen-bond acceptors (Lipinski definition) is 7. The number of aryl methyl sites for hydroxylation is 1. The van der Waals surface area contributed by atoms with Gasteiger partial charge < -0.3 is 10.6 Å². The van der Waals surface area contributed by atoms with Crippen LogP contribution in [-0.4, -0.2) is 38.9 Å². The fraction of sp³-hybridized carbons (Fsp3) is 0.154. The van der Waals surface area contributed by atoms with Gasteiger partial charge in [-0.2, -0.15) is 18.2 Å². The first-order valence-electron chi connectivity index (χ1n) is 11.6. The molecule has 2 aromatic heterocycles. The minimum absolute atomic E-state index is 0.140. The maximum atomic E-state index is 13.4. The van der Waals surface area contributed by atoms with Crippen LogP contribution in [0.15, 0.2) is 67.4 Å². The number of fused-ring (bicyclic) bond motifs is 1. The van der Waals surface area contributed by atoms with E-state index in [9.17, 15) is 22.8 Å². The van der Waals surface area contributed by atoms with Crippen LogP contribution in [0, 0.1) is 6.92 Å². The third kappa shape index (κ3) is 5.32. The number of nitrogens with zero attached hydrogens (tertiary/aromatic N) is 6. The third-order valence-corrected chi connectivity index (χ3v) is 6.03. The minimum atomic E-state index is -4.57. The van der Waals surface area contributed by atoms with Gasteiger partial charge in [-0.15, -0.1) is 0 Å². The zero-order valence-corrected chi connectivity index (χ0v) is 20.7. The standard InChI is InChI=1S/C26H21F3N8O2/c1-15-6-7-19(33-23(38)16-4-3-5-18(8-16)26(27,28)29)9-21(15)37-13-17-10-32-24(34-20-11-30-14-31-12-20)35-22(17)36(2)25(37)39/h3-12,14H,13H2,1-2H3,(H,33,38)(H,32,34,35). The molecule has 2 N–H and O–H groups in total. The van der Waals surface area contributed by atoms with Crippen molar-refractivity contribution in [3.8, 4) is 0 Å². The van der Waals surface area contributed by atoms with Crippen LogP contribution >= 0.6 is 0 Å². The fourth-order valence-corrected chi connectivity index (χ4v) is 4.07. The number of urea groups is 1. The third-order valence-electron chi connectivity index (χ3n) is 6.03. The van der Waals surface area contributed by atoms with E-state index in [1.54, 1.807) is 43.8 Å². The summed E-state index contributed by atoms with van der Waals surface area (Å²) in [7, 11) is 1.59. The molecule has 1 aliphatic heterocycles. The molecule has 13 heteroatoms. The number of aromatic nitrogens is 4. The lowest BCUT2D eigenvalue weighted by Crippen LogP contribution is -2.46. The number of halogens is 3. The van der Waals surface area contributed by atoms with Crippen LogP contribution in [0.4, 0.5) is 46.8 Å². The summed E-state index contributed by atoms with van der Waals surface area (Å²) >= 11 is 0. The van der Waals surface area contributed by atoms with Gasteiger partial charge in [0.05, 0.1) is 35.9 Å². The minimum Gasteiger partial charge on any atom is -0.322 e. The number of nitrogens with one attached hydrogen (secondary N) is 2. The Kier molecular flexibility index (Phi) is 6.56. The molecule has 0 bridgehead atoms. The number of benzene rings is 2. The molecule has 1 aliphatic rings. The first kappa shape index (κ1) is 25.6. The number of carbonyl (C=O) groups is 2. The number of alkyl halides is 3. The summed E-state index contributed by atoms with van der Waals surface area (Å²) in [5.74, 6) is -0.00929. The van der Waals surface area contributed by atoms with Crippen LogP contribution in [0.1, 0.15) is 27.0 Å². The van der Waals surface area contributed by atoms with Crippen LogP contribution < -0.4 is 20.4 Å². The second-order valence-corrected chi connectivity index (χ2v) is 8.76. The number of anilines is 5. The molecular weight excluding hydrogens is 513 g/mol. The second-order valence-electron chi connectivity index (χ2n) is 8.76. The van der Waals surface area contributed by atoms with Crippen molar-refractivity contribution in [1.29, 1.82) is 0 Å². The molecule has 10 nitrogen and oxygen atoms in total. The molecule has 0 fully saturated rings. The van der Waals surface area contributed by atoms with E-state index in [1.807, 2.05) is 6.92 Å². The highest BCUT2D eigenvalue weighted by Gasteiger charge is 2.32. The number of rotatable bonds is 5. The highest BCUT2D eigenvalue weighted by Crippen LogP contribution is 2.34. The van der Waals surface area contributed by atoms with E-state index in [1.165, 1.54) is 28.3 Å². The van der Waals surface area contributed by atoms with Crippen LogP contribution in [0.3, 0.4) is 0 Å². The maximum Gasteiger partial charge on any atom is 0.416 e. The van der Waals surface area contributed by atoms with E-state index in [0.29, 0.717) is 28.4 Å². The smallest absolute Gasteiger partial charge is 0.322 e. The zero-order chi connectivity index (χ0) is 27.7. The molecule has 0 radical (unpaired) electrons. The SMILES string of the molecule is Cc1ccc(NC(=O)c2cccc(C(F)(F)F)c2)cc1N1Cc2cnc(Nc3cncnc3)nc2N(C)C1=O. The van der Waals surface area contributed by atoms with Gasteiger partial charge in [-0.05, 0) is 42.8 Å². The predicted molar refractivity (Wildman–Crippen MR) is 138 cm³/mol. The molecule has 0 spiro atoms. The van der Waals surface area contributed by atoms with Crippen molar-refractivity contribution >= 4 is 40.8 Å². The predicted octanol–water partition coefficient (Wildman–Crippen LogP) is 5.17. The van der Waals surface area contributed by atoms with Gasteiger partial charge in [-0.3, -0.25) is 14.6 Å². The summed E-state index contributed by atoms with van der Waals surface area (Å²) in [6.07, 6.45) is 1.56. The Bertz CT molecular complexity index is 1560. The van der Waals surface area contributed by atoms with Gasteiger partial charge in [-0.1, -0.05) is 12.1 Å². The molecule has 2 aromatic carbocycles. The van der Waals surface area contributed by atoms with Gasteiger partial charge in [0.15, 0.2) is 0 Å². The van der Waals surface area contributed by atoms with E-state index >= 15 is 0 Å². The Labute approximate surface area is 220 Å².